The van der Waals surface area contributed by atoms with Crippen molar-refractivity contribution in [2.24, 2.45) is 5.41 Å². The van der Waals surface area contributed by atoms with Crippen LogP contribution < -0.4 is 16.0 Å². The highest BCUT2D eigenvalue weighted by Gasteiger charge is 2.25. The Kier molecular flexibility index (Phi) is 4.76. The lowest BCUT2D eigenvalue weighted by Gasteiger charge is -2.27. The first kappa shape index (κ1) is 15.7. The van der Waals surface area contributed by atoms with Gasteiger partial charge in [-0.2, -0.15) is 0 Å². The van der Waals surface area contributed by atoms with Crippen LogP contribution >= 0.6 is 0 Å². The van der Waals surface area contributed by atoms with E-state index in [0.717, 1.165) is 37.2 Å². The SMILES string of the molecule is CCNC(=O)c1ccc(N)cc1N1CCCC(C)(C)CC1. The number of hydrogen-bond donors (Lipinski definition) is 2. The molecule has 0 atom stereocenters. The summed E-state index contributed by atoms with van der Waals surface area (Å²) < 4.78 is 0. The van der Waals surface area contributed by atoms with Gasteiger partial charge in [-0.15, -0.1) is 0 Å². The third kappa shape index (κ3) is 3.90. The maximum Gasteiger partial charge on any atom is 0.253 e. The third-order valence-corrected chi connectivity index (χ3v) is 4.28. The molecule has 0 aliphatic carbocycles. The van der Waals surface area contributed by atoms with Gasteiger partial charge in [-0.3, -0.25) is 4.79 Å². The molecule has 0 saturated carbocycles. The first-order chi connectivity index (χ1) is 9.93. The molecule has 1 saturated heterocycles. The van der Waals surface area contributed by atoms with Crippen LogP contribution in [0.3, 0.4) is 0 Å². The molecule has 4 nitrogen and oxygen atoms in total. The summed E-state index contributed by atoms with van der Waals surface area (Å²) in [5, 5.41) is 2.89. The molecule has 3 N–H and O–H groups in total. The predicted octanol–water partition coefficient (Wildman–Crippen LogP) is 3.04. The van der Waals surface area contributed by atoms with Crippen molar-refractivity contribution in [2.75, 3.05) is 30.3 Å². The van der Waals surface area contributed by atoms with Crippen LogP contribution in [0.15, 0.2) is 18.2 Å². The lowest BCUT2D eigenvalue weighted by atomic mass is 9.85. The maximum absolute atomic E-state index is 12.3. The van der Waals surface area contributed by atoms with Gasteiger partial charge in [-0.25, -0.2) is 0 Å². The number of carbonyl (C=O) groups excluding carboxylic acids is 1. The van der Waals surface area contributed by atoms with Gasteiger partial charge in [0, 0.05) is 25.3 Å². The molecule has 116 valence electrons. The molecule has 4 heteroatoms. The van der Waals surface area contributed by atoms with Crippen LogP contribution in [0, 0.1) is 5.41 Å². The Morgan fingerprint density at radius 1 is 1.33 bits per heavy atom. The van der Waals surface area contributed by atoms with Gasteiger partial charge < -0.3 is 16.0 Å². The summed E-state index contributed by atoms with van der Waals surface area (Å²) in [7, 11) is 0. The fourth-order valence-corrected chi connectivity index (χ4v) is 2.92. The molecule has 0 spiro atoms. The van der Waals surface area contributed by atoms with Crippen LogP contribution in [0.25, 0.3) is 0 Å². The Labute approximate surface area is 127 Å². The largest absolute Gasteiger partial charge is 0.399 e. The van der Waals surface area contributed by atoms with Crippen molar-refractivity contribution in [2.45, 2.75) is 40.0 Å². The summed E-state index contributed by atoms with van der Waals surface area (Å²) in [6.45, 7) is 9.17. The molecule has 0 aromatic heterocycles. The van der Waals surface area contributed by atoms with Gasteiger partial charge in [0.05, 0.1) is 11.3 Å². The first-order valence-electron chi connectivity index (χ1n) is 7.85. The summed E-state index contributed by atoms with van der Waals surface area (Å²) in [5.74, 6) is -0.0176. The number of nitrogens with zero attached hydrogens (tertiary/aromatic N) is 1. The van der Waals surface area contributed by atoms with Gasteiger partial charge in [-0.05, 0) is 49.8 Å². The molecular weight excluding hydrogens is 262 g/mol. The Bertz CT molecular complexity index is 511. The Balaban J connectivity index is 2.29. The number of nitrogens with two attached hydrogens (primary N) is 1. The van der Waals surface area contributed by atoms with E-state index in [1.54, 1.807) is 6.07 Å². The van der Waals surface area contributed by atoms with E-state index in [2.05, 4.69) is 24.1 Å². The molecule has 1 amide bonds. The number of nitrogen functional groups attached to an aromatic ring is 1. The number of carbonyl (C=O) groups is 1. The van der Waals surface area contributed by atoms with Crippen molar-refractivity contribution in [3.8, 4) is 0 Å². The number of rotatable bonds is 3. The third-order valence-electron chi connectivity index (χ3n) is 4.28. The van der Waals surface area contributed by atoms with Crippen molar-refractivity contribution >= 4 is 17.3 Å². The fraction of sp³-hybridized carbons (Fsp3) is 0.588. The number of anilines is 2. The number of benzene rings is 1. The van der Waals surface area contributed by atoms with Crippen molar-refractivity contribution < 1.29 is 4.79 Å². The average molecular weight is 289 g/mol. The minimum Gasteiger partial charge on any atom is -0.399 e. The summed E-state index contributed by atoms with van der Waals surface area (Å²) in [4.78, 5) is 14.6. The monoisotopic (exact) mass is 289 g/mol. The van der Waals surface area contributed by atoms with Gasteiger partial charge in [-0.1, -0.05) is 13.8 Å². The molecular formula is C17H27N3O. The molecule has 1 aromatic carbocycles. The number of nitrogens with one attached hydrogen (secondary N) is 1. The van der Waals surface area contributed by atoms with Gasteiger partial charge in [0.2, 0.25) is 0 Å². The molecule has 0 unspecified atom stereocenters. The van der Waals surface area contributed by atoms with E-state index < -0.39 is 0 Å². The summed E-state index contributed by atoms with van der Waals surface area (Å²) >= 11 is 0. The lowest BCUT2D eigenvalue weighted by Crippen LogP contribution is -2.30. The average Bonchev–Trinajstić information content (AvgIpc) is 2.60. The van der Waals surface area contributed by atoms with E-state index in [1.165, 1.54) is 6.42 Å². The molecule has 1 heterocycles. The van der Waals surface area contributed by atoms with Gasteiger partial charge in [0.1, 0.15) is 0 Å². The highest BCUT2D eigenvalue weighted by atomic mass is 16.1. The van der Waals surface area contributed by atoms with E-state index in [1.807, 2.05) is 19.1 Å². The zero-order valence-electron chi connectivity index (χ0n) is 13.4. The van der Waals surface area contributed by atoms with E-state index in [9.17, 15) is 4.79 Å². The molecule has 1 aliphatic heterocycles. The number of amides is 1. The lowest BCUT2D eigenvalue weighted by molar-refractivity contribution is 0.0956. The minimum atomic E-state index is -0.0176. The van der Waals surface area contributed by atoms with Crippen molar-refractivity contribution in [3.63, 3.8) is 0 Å². The summed E-state index contributed by atoms with van der Waals surface area (Å²) in [6.07, 6.45) is 3.51. The Morgan fingerprint density at radius 2 is 2.10 bits per heavy atom. The zero-order valence-corrected chi connectivity index (χ0v) is 13.4. The summed E-state index contributed by atoms with van der Waals surface area (Å²) in [5.41, 5.74) is 8.73. The van der Waals surface area contributed by atoms with Crippen LogP contribution in [0.1, 0.15) is 50.4 Å². The highest BCUT2D eigenvalue weighted by molar-refractivity contribution is 6.00. The molecule has 1 fully saturated rings. The standard InChI is InChI=1S/C17H27N3O/c1-4-19-16(21)14-7-6-13(18)12-15(14)20-10-5-8-17(2,3)9-11-20/h6-7,12H,4-5,8-11,18H2,1-3H3,(H,19,21). The van der Waals surface area contributed by atoms with E-state index >= 15 is 0 Å². The molecule has 2 rings (SSSR count). The van der Waals surface area contributed by atoms with E-state index in [0.29, 0.717) is 17.6 Å². The molecule has 1 aromatic rings. The zero-order chi connectivity index (χ0) is 15.5. The van der Waals surface area contributed by atoms with E-state index in [4.69, 9.17) is 5.73 Å². The predicted molar refractivity (Wildman–Crippen MR) is 88.7 cm³/mol. The van der Waals surface area contributed by atoms with E-state index in [-0.39, 0.29) is 5.91 Å². The molecule has 0 radical (unpaired) electrons. The van der Waals surface area contributed by atoms with Crippen LogP contribution in [-0.4, -0.2) is 25.5 Å². The Morgan fingerprint density at radius 3 is 2.81 bits per heavy atom. The van der Waals surface area contributed by atoms with Crippen LogP contribution in [0.4, 0.5) is 11.4 Å². The van der Waals surface area contributed by atoms with Gasteiger partial charge >= 0.3 is 0 Å². The normalized spacial score (nSPS) is 18.1. The minimum absolute atomic E-state index is 0.0176. The quantitative estimate of drug-likeness (QED) is 0.841. The Hall–Kier alpha value is -1.71. The van der Waals surface area contributed by atoms with Crippen LogP contribution in [-0.2, 0) is 0 Å². The maximum atomic E-state index is 12.3. The molecule has 21 heavy (non-hydrogen) atoms. The topological polar surface area (TPSA) is 58.4 Å². The second-order valence-corrected chi connectivity index (χ2v) is 6.64. The van der Waals surface area contributed by atoms with Crippen molar-refractivity contribution in [1.29, 1.82) is 0 Å². The fourth-order valence-electron chi connectivity index (χ4n) is 2.92. The second kappa shape index (κ2) is 6.37. The highest BCUT2D eigenvalue weighted by Crippen LogP contribution is 2.33. The number of hydrogen-bond acceptors (Lipinski definition) is 3. The molecule has 0 bridgehead atoms. The van der Waals surface area contributed by atoms with Crippen molar-refractivity contribution in [1.82, 2.24) is 5.32 Å². The second-order valence-electron chi connectivity index (χ2n) is 6.64. The smallest absolute Gasteiger partial charge is 0.253 e. The van der Waals surface area contributed by atoms with Crippen LogP contribution in [0.5, 0.6) is 0 Å². The first-order valence-corrected chi connectivity index (χ1v) is 7.85. The van der Waals surface area contributed by atoms with Crippen LogP contribution in [0.2, 0.25) is 0 Å². The van der Waals surface area contributed by atoms with Gasteiger partial charge in [0.25, 0.3) is 5.91 Å². The molecule has 1 aliphatic rings. The van der Waals surface area contributed by atoms with Crippen molar-refractivity contribution in [3.05, 3.63) is 23.8 Å². The van der Waals surface area contributed by atoms with Gasteiger partial charge in [0.15, 0.2) is 0 Å². The summed E-state index contributed by atoms with van der Waals surface area (Å²) in [6, 6.07) is 5.57.